The smallest absolute Gasteiger partial charge is 0.227 e. The maximum Gasteiger partial charge on any atom is 0.227 e. The molecule has 2 aromatic carbocycles. The first-order chi connectivity index (χ1) is 15.7. The number of pyridine rings is 2. The summed E-state index contributed by atoms with van der Waals surface area (Å²) < 4.78 is 8.66. The van der Waals surface area contributed by atoms with Gasteiger partial charge in [0.15, 0.2) is 11.8 Å². The van der Waals surface area contributed by atoms with E-state index < -0.39 is 0 Å². The van der Waals surface area contributed by atoms with Crippen LogP contribution in [0.4, 0.5) is 0 Å². The first-order valence-electron chi connectivity index (χ1n) is 11.6. The molecule has 0 amide bonds. The maximum absolute atomic E-state index is 6.48. The van der Waals surface area contributed by atoms with Gasteiger partial charge < -0.3 is 4.42 Å². The maximum atomic E-state index is 6.48. The molecule has 0 atom stereocenters. The highest BCUT2D eigenvalue weighted by Gasteiger charge is 2.23. The summed E-state index contributed by atoms with van der Waals surface area (Å²) in [5, 5.41) is 2.16. The van der Waals surface area contributed by atoms with Crippen molar-refractivity contribution < 1.29 is 8.98 Å². The van der Waals surface area contributed by atoms with Crippen LogP contribution < -0.4 is 4.57 Å². The Morgan fingerprint density at radius 1 is 0.879 bits per heavy atom. The molecular formula is C30H31N2O+. The van der Waals surface area contributed by atoms with Gasteiger partial charge in [0, 0.05) is 28.5 Å². The number of hydrogen-bond donors (Lipinski definition) is 0. The van der Waals surface area contributed by atoms with E-state index in [0.29, 0.717) is 5.71 Å². The van der Waals surface area contributed by atoms with Crippen molar-refractivity contribution in [1.29, 1.82) is 0 Å². The van der Waals surface area contributed by atoms with Gasteiger partial charge in [-0.3, -0.25) is 0 Å². The second-order valence-corrected chi connectivity index (χ2v) is 10.4. The van der Waals surface area contributed by atoms with Crippen LogP contribution in [0.15, 0.2) is 71.3 Å². The molecule has 0 spiro atoms. The summed E-state index contributed by atoms with van der Waals surface area (Å²) in [6.45, 7) is 11.1. The molecule has 0 saturated heterocycles. The molecule has 0 bridgehead atoms. The molecule has 3 heteroatoms. The number of hydrogen-bond acceptors (Lipinski definition) is 2. The van der Waals surface area contributed by atoms with E-state index in [1.54, 1.807) is 0 Å². The van der Waals surface area contributed by atoms with Crippen LogP contribution in [-0.2, 0) is 13.5 Å². The second-order valence-electron chi connectivity index (χ2n) is 10.4. The zero-order chi connectivity index (χ0) is 23.3. The molecule has 0 fully saturated rings. The third-order valence-corrected chi connectivity index (χ3v) is 6.27. The first-order valence-corrected chi connectivity index (χ1v) is 11.6. The van der Waals surface area contributed by atoms with Crippen LogP contribution in [0.25, 0.3) is 44.6 Å². The Balaban J connectivity index is 1.70. The summed E-state index contributed by atoms with van der Waals surface area (Å²) in [5.41, 5.74) is 9.92. The lowest BCUT2D eigenvalue weighted by atomic mass is 9.88. The summed E-state index contributed by atoms with van der Waals surface area (Å²) >= 11 is 0. The molecule has 3 aromatic heterocycles. The molecule has 0 radical (unpaired) electrons. The van der Waals surface area contributed by atoms with E-state index in [1.165, 1.54) is 16.7 Å². The number of fused-ring (bicyclic) bond motifs is 3. The van der Waals surface area contributed by atoms with E-state index in [-0.39, 0.29) is 5.41 Å². The van der Waals surface area contributed by atoms with Gasteiger partial charge in [0.2, 0.25) is 11.4 Å². The predicted octanol–water partition coefficient (Wildman–Crippen LogP) is 7.34. The van der Waals surface area contributed by atoms with E-state index in [1.807, 2.05) is 0 Å². The third-order valence-electron chi connectivity index (χ3n) is 6.27. The van der Waals surface area contributed by atoms with Crippen molar-refractivity contribution in [3.05, 3.63) is 83.6 Å². The fraction of sp³-hybridized carbons (Fsp3) is 0.267. The average Bonchev–Trinajstić information content (AvgIpc) is 3.12. The monoisotopic (exact) mass is 435 g/mol. The van der Waals surface area contributed by atoms with Crippen molar-refractivity contribution in [2.45, 2.75) is 41.0 Å². The van der Waals surface area contributed by atoms with E-state index in [2.05, 4.69) is 113 Å². The highest BCUT2D eigenvalue weighted by atomic mass is 16.3. The SMILES string of the molecule is Cc1ccc(-c2ccc3c(n2)oc2c(-c4cc(CC(C)(C)C)cc[n+]4C)c(C)ccc23)cc1. The number of aryl methyl sites for hydroxylation is 3. The molecule has 0 saturated carbocycles. The van der Waals surface area contributed by atoms with Crippen LogP contribution in [-0.4, -0.2) is 4.98 Å². The van der Waals surface area contributed by atoms with Gasteiger partial charge in [-0.1, -0.05) is 62.7 Å². The highest BCUT2D eigenvalue weighted by molar-refractivity contribution is 6.09. The largest absolute Gasteiger partial charge is 0.437 e. The summed E-state index contributed by atoms with van der Waals surface area (Å²) in [6.07, 6.45) is 3.18. The summed E-state index contributed by atoms with van der Waals surface area (Å²) in [5.74, 6) is 0. The fourth-order valence-electron chi connectivity index (χ4n) is 4.61. The van der Waals surface area contributed by atoms with E-state index >= 15 is 0 Å². The number of nitrogens with zero attached hydrogens (tertiary/aromatic N) is 2. The lowest BCUT2D eigenvalue weighted by molar-refractivity contribution is -0.660. The fourth-order valence-corrected chi connectivity index (χ4v) is 4.61. The molecule has 0 aliphatic carbocycles. The van der Waals surface area contributed by atoms with Gasteiger partial charge in [0.1, 0.15) is 7.05 Å². The Labute approximate surface area is 195 Å². The van der Waals surface area contributed by atoms with Crippen molar-refractivity contribution in [1.82, 2.24) is 4.98 Å². The van der Waals surface area contributed by atoms with Crippen molar-refractivity contribution in [2.24, 2.45) is 12.5 Å². The Morgan fingerprint density at radius 3 is 2.33 bits per heavy atom. The minimum atomic E-state index is 0.230. The number of rotatable bonds is 3. The van der Waals surface area contributed by atoms with Gasteiger partial charge in [-0.15, -0.1) is 0 Å². The molecule has 3 nitrogen and oxygen atoms in total. The summed E-state index contributed by atoms with van der Waals surface area (Å²) in [6, 6.07) is 21.6. The zero-order valence-corrected chi connectivity index (χ0v) is 20.4. The van der Waals surface area contributed by atoms with Gasteiger partial charge in [-0.25, -0.2) is 9.55 Å². The molecule has 0 N–H and O–H groups in total. The molecule has 5 rings (SSSR count). The Morgan fingerprint density at radius 2 is 1.61 bits per heavy atom. The molecule has 33 heavy (non-hydrogen) atoms. The van der Waals surface area contributed by atoms with E-state index in [9.17, 15) is 0 Å². The van der Waals surface area contributed by atoms with Crippen molar-refractivity contribution in [3.63, 3.8) is 0 Å². The standard InChI is InChI=1S/C30H31N2O/c1-19-7-10-22(11-8-19)25-14-13-24-23-12-9-20(2)27(28(23)33-29(24)31-25)26-17-21(15-16-32(26)6)18-30(3,4)5/h7-17H,18H2,1-6H3/q+1. The van der Waals surface area contributed by atoms with Crippen molar-refractivity contribution in [3.8, 4) is 22.5 Å². The van der Waals surface area contributed by atoms with Crippen LogP contribution in [0.5, 0.6) is 0 Å². The Hall–Kier alpha value is -3.46. The number of aromatic nitrogens is 2. The van der Waals surface area contributed by atoms with E-state index in [0.717, 1.165) is 45.3 Å². The van der Waals surface area contributed by atoms with Gasteiger partial charge in [-0.05, 0) is 48.9 Å². The van der Waals surface area contributed by atoms with Gasteiger partial charge in [-0.2, -0.15) is 0 Å². The molecule has 0 aliphatic rings. The molecule has 5 aromatic rings. The quantitative estimate of drug-likeness (QED) is 0.277. The van der Waals surface area contributed by atoms with Crippen LogP contribution in [0, 0.1) is 19.3 Å². The topological polar surface area (TPSA) is 29.9 Å². The number of furan rings is 1. The van der Waals surface area contributed by atoms with Gasteiger partial charge in [0.05, 0.1) is 11.3 Å². The lowest BCUT2D eigenvalue weighted by Gasteiger charge is -2.18. The predicted molar refractivity (Wildman–Crippen MR) is 136 cm³/mol. The van der Waals surface area contributed by atoms with Crippen molar-refractivity contribution >= 4 is 22.1 Å². The molecule has 0 unspecified atom stereocenters. The zero-order valence-electron chi connectivity index (χ0n) is 20.4. The highest BCUT2D eigenvalue weighted by Crippen LogP contribution is 2.37. The summed E-state index contributed by atoms with van der Waals surface area (Å²) in [4.78, 5) is 4.89. The van der Waals surface area contributed by atoms with Crippen LogP contribution in [0.2, 0.25) is 0 Å². The van der Waals surface area contributed by atoms with Crippen LogP contribution in [0.3, 0.4) is 0 Å². The Bertz CT molecular complexity index is 1480. The average molecular weight is 436 g/mol. The van der Waals surface area contributed by atoms with Gasteiger partial charge >= 0.3 is 0 Å². The van der Waals surface area contributed by atoms with Crippen molar-refractivity contribution in [2.75, 3.05) is 0 Å². The minimum absolute atomic E-state index is 0.230. The number of benzene rings is 2. The first kappa shape index (κ1) is 21.4. The lowest BCUT2D eigenvalue weighted by Crippen LogP contribution is -2.31. The Kier molecular flexibility index (Phi) is 5.08. The minimum Gasteiger partial charge on any atom is -0.437 e. The van der Waals surface area contributed by atoms with E-state index in [4.69, 9.17) is 9.40 Å². The second kappa shape index (κ2) is 7.84. The van der Waals surface area contributed by atoms with Crippen LogP contribution >= 0.6 is 0 Å². The normalized spacial score (nSPS) is 12.1. The van der Waals surface area contributed by atoms with Gasteiger partial charge in [0.25, 0.3) is 0 Å². The summed E-state index contributed by atoms with van der Waals surface area (Å²) in [7, 11) is 2.10. The molecule has 0 aliphatic heterocycles. The molecule has 3 heterocycles. The molecule has 166 valence electrons. The molecular weight excluding hydrogens is 404 g/mol. The third kappa shape index (κ3) is 4.04. The van der Waals surface area contributed by atoms with Crippen LogP contribution in [0.1, 0.15) is 37.5 Å².